The number of anilines is 1. The fourth-order valence-electron chi connectivity index (χ4n) is 2.53. The zero-order valence-electron chi connectivity index (χ0n) is 15.9. The van der Waals surface area contributed by atoms with Crippen LogP contribution >= 0.6 is 11.3 Å². The molecule has 0 unspecified atom stereocenters. The van der Waals surface area contributed by atoms with Gasteiger partial charge in [0.15, 0.2) is 0 Å². The monoisotopic (exact) mass is 380 g/mol. The summed E-state index contributed by atoms with van der Waals surface area (Å²) in [6.45, 7) is 6.61. The van der Waals surface area contributed by atoms with Crippen LogP contribution in [0, 0.1) is 0 Å². The van der Waals surface area contributed by atoms with Gasteiger partial charge in [0.2, 0.25) is 0 Å². The maximum Gasteiger partial charge on any atom is 0.325 e. The molecule has 0 bridgehead atoms. The number of thiophene rings is 1. The summed E-state index contributed by atoms with van der Waals surface area (Å²) < 4.78 is 4.78. The van der Waals surface area contributed by atoms with Gasteiger partial charge in [-0.2, -0.15) is 0 Å². The summed E-state index contributed by atoms with van der Waals surface area (Å²) in [4.78, 5) is 23.8. The number of nitrogens with one attached hydrogen (secondary N) is 2. The maximum atomic E-state index is 12.0. The van der Waals surface area contributed by atoms with Crippen LogP contribution in [-0.4, -0.2) is 31.6 Å². The second-order valence-electron chi connectivity index (χ2n) is 6.17. The third kappa shape index (κ3) is 10.2. The van der Waals surface area contributed by atoms with Crippen molar-refractivity contribution >= 4 is 28.9 Å². The van der Waals surface area contributed by atoms with Crippen LogP contribution in [-0.2, 0) is 9.53 Å². The highest BCUT2D eigenvalue weighted by Gasteiger charge is 2.11. The largest absolute Gasteiger partial charge is 0.465 e. The number of esters is 1. The van der Waals surface area contributed by atoms with Crippen molar-refractivity contribution in [2.75, 3.05) is 25.0 Å². The first kappa shape index (κ1) is 22.2. The van der Waals surface area contributed by atoms with Crippen LogP contribution in [0.15, 0.2) is 24.1 Å². The summed E-state index contributed by atoms with van der Waals surface area (Å²) in [6, 6.07) is 1.82. The SMILES string of the molecule is C=CCCCCCCCCCNc1csc(C(=O)NCC(=O)OCC)c1. The smallest absolute Gasteiger partial charge is 0.325 e. The Morgan fingerprint density at radius 1 is 1.15 bits per heavy atom. The van der Waals surface area contributed by atoms with Crippen molar-refractivity contribution in [3.05, 3.63) is 29.0 Å². The molecular weight excluding hydrogens is 348 g/mol. The van der Waals surface area contributed by atoms with Gasteiger partial charge in [-0.3, -0.25) is 9.59 Å². The van der Waals surface area contributed by atoms with Crippen LogP contribution < -0.4 is 10.6 Å². The van der Waals surface area contributed by atoms with Crippen molar-refractivity contribution in [2.45, 2.75) is 58.3 Å². The standard InChI is InChI=1S/C20H32N2O3S/c1-3-5-6-7-8-9-10-11-12-13-21-17-14-18(26-16-17)20(24)22-15-19(23)25-4-2/h3,14,16,21H,1,4-13,15H2,2H3,(H,22,24). The summed E-state index contributed by atoms with van der Waals surface area (Å²) in [5.74, 6) is -0.663. The number of carbonyl (C=O) groups excluding carboxylic acids is 2. The Morgan fingerprint density at radius 3 is 2.54 bits per heavy atom. The highest BCUT2D eigenvalue weighted by molar-refractivity contribution is 7.12. The van der Waals surface area contributed by atoms with Gasteiger partial charge >= 0.3 is 5.97 Å². The van der Waals surface area contributed by atoms with Crippen molar-refractivity contribution in [2.24, 2.45) is 0 Å². The molecule has 26 heavy (non-hydrogen) atoms. The molecule has 1 rings (SSSR count). The minimum absolute atomic E-state index is 0.0963. The number of allylic oxidation sites excluding steroid dienone is 1. The molecule has 0 aromatic carbocycles. The van der Waals surface area contributed by atoms with Gasteiger partial charge in [-0.25, -0.2) is 0 Å². The molecule has 0 aliphatic rings. The zero-order chi connectivity index (χ0) is 19.0. The van der Waals surface area contributed by atoms with Gasteiger partial charge < -0.3 is 15.4 Å². The van der Waals surface area contributed by atoms with Gasteiger partial charge in [-0.15, -0.1) is 17.9 Å². The third-order valence-corrected chi connectivity index (χ3v) is 4.86. The van der Waals surface area contributed by atoms with E-state index in [0.717, 1.165) is 25.1 Å². The van der Waals surface area contributed by atoms with E-state index < -0.39 is 5.97 Å². The predicted molar refractivity (Wildman–Crippen MR) is 109 cm³/mol. The summed E-state index contributed by atoms with van der Waals surface area (Å²) in [5.41, 5.74) is 0.959. The number of ether oxygens (including phenoxy) is 1. The number of carbonyl (C=O) groups is 2. The van der Waals surface area contributed by atoms with Crippen LogP contribution in [0.3, 0.4) is 0 Å². The van der Waals surface area contributed by atoms with Crippen molar-refractivity contribution in [1.82, 2.24) is 5.32 Å². The minimum atomic E-state index is -0.420. The summed E-state index contributed by atoms with van der Waals surface area (Å²) in [5, 5.41) is 7.85. The van der Waals surface area contributed by atoms with Crippen molar-refractivity contribution in [3.8, 4) is 0 Å². The Hall–Kier alpha value is -1.82. The van der Waals surface area contributed by atoms with E-state index in [0.29, 0.717) is 11.5 Å². The Labute approximate surface area is 161 Å². The molecule has 0 aliphatic carbocycles. The van der Waals surface area contributed by atoms with Crippen LogP contribution in [0.25, 0.3) is 0 Å². The van der Waals surface area contributed by atoms with E-state index in [1.54, 1.807) is 6.92 Å². The Bertz CT molecular complexity index is 543. The highest BCUT2D eigenvalue weighted by atomic mass is 32.1. The lowest BCUT2D eigenvalue weighted by Gasteiger charge is -2.04. The lowest BCUT2D eigenvalue weighted by Crippen LogP contribution is -2.30. The molecule has 2 N–H and O–H groups in total. The Kier molecular flexibility index (Phi) is 12.3. The van der Waals surface area contributed by atoms with Gasteiger partial charge in [0.25, 0.3) is 5.91 Å². The fourth-order valence-corrected chi connectivity index (χ4v) is 3.31. The topological polar surface area (TPSA) is 67.4 Å². The third-order valence-electron chi connectivity index (χ3n) is 3.94. The molecule has 5 nitrogen and oxygen atoms in total. The average molecular weight is 381 g/mol. The van der Waals surface area contributed by atoms with Crippen molar-refractivity contribution in [3.63, 3.8) is 0 Å². The van der Waals surface area contributed by atoms with Gasteiger partial charge in [-0.05, 0) is 32.3 Å². The molecule has 1 aromatic heterocycles. The molecule has 1 heterocycles. The van der Waals surface area contributed by atoms with E-state index in [9.17, 15) is 9.59 Å². The number of rotatable bonds is 15. The Morgan fingerprint density at radius 2 is 1.85 bits per heavy atom. The van der Waals surface area contributed by atoms with E-state index in [1.807, 2.05) is 17.5 Å². The zero-order valence-corrected chi connectivity index (χ0v) is 16.7. The van der Waals surface area contributed by atoms with E-state index in [-0.39, 0.29) is 12.5 Å². The molecule has 0 atom stereocenters. The van der Waals surface area contributed by atoms with Crippen LogP contribution in [0.1, 0.15) is 68.0 Å². The van der Waals surface area contributed by atoms with E-state index in [2.05, 4.69) is 17.2 Å². The van der Waals surface area contributed by atoms with Gasteiger partial charge in [0.05, 0.1) is 11.5 Å². The average Bonchev–Trinajstić information content (AvgIpc) is 3.10. The molecule has 1 aromatic rings. The fraction of sp³-hybridized carbons (Fsp3) is 0.600. The highest BCUT2D eigenvalue weighted by Crippen LogP contribution is 2.19. The number of amides is 1. The van der Waals surface area contributed by atoms with E-state index >= 15 is 0 Å². The lowest BCUT2D eigenvalue weighted by atomic mass is 10.1. The number of hydrogen-bond acceptors (Lipinski definition) is 5. The van der Waals surface area contributed by atoms with Crippen LogP contribution in [0.4, 0.5) is 5.69 Å². The quantitative estimate of drug-likeness (QED) is 0.261. The van der Waals surface area contributed by atoms with Crippen molar-refractivity contribution in [1.29, 1.82) is 0 Å². The van der Waals surface area contributed by atoms with Gasteiger partial charge in [0.1, 0.15) is 6.54 Å². The number of unbranched alkanes of at least 4 members (excludes halogenated alkanes) is 7. The summed E-state index contributed by atoms with van der Waals surface area (Å²) in [7, 11) is 0. The van der Waals surface area contributed by atoms with Crippen LogP contribution in [0.5, 0.6) is 0 Å². The molecule has 1 amide bonds. The molecule has 0 radical (unpaired) electrons. The molecule has 0 fully saturated rings. The first-order valence-electron chi connectivity index (χ1n) is 9.54. The predicted octanol–water partition coefficient (Wildman–Crippen LogP) is 4.76. The van der Waals surface area contributed by atoms with E-state index in [1.165, 1.54) is 49.9 Å². The molecule has 0 aliphatic heterocycles. The number of hydrogen-bond donors (Lipinski definition) is 2. The van der Waals surface area contributed by atoms with E-state index in [4.69, 9.17) is 4.74 Å². The maximum absolute atomic E-state index is 12.0. The first-order chi connectivity index (χ1) is 12.7. The summed E-state index contributed by atoms with van der Waals surface area (Å²) >= 11 is 1.37. The van der Waals surface area contributed by atoms with Crippen molar-refractivity contribution < 1.29 is 14.3 Å². The molecule has 146 valence electrons. The van der Waals surface area contributed by atoms with Crippen LogP contribution in [0.2, 0.25) is 0 Å². The molecule has 0 saturated carbocycles. The molecule has 6 heteroatoms. The first-order valence-corrected chi connectivity index (χ1v) is 10.4. The molecular formula is C20H32N2O3S. The van der Waals surface area contributed by atoms with Gasteiger partial charge in [0, 0.05) is 17.6 Å². The van der Waals surface area contributed by atoms with Gasteiger partial charge in [-0.1, -0.05) is 38.2 Å². The summed E-state index contributed by atoms with van der Waals surface area (Å²) in [6.07, 6.45) is 12.0. The minimum Gasteiger partial charge on any atom is -0.465 e. The normalized spacial score (nSPS) is 10.3. The lowest BCUT2D eigenvalue weighted by molar-refractivity contribution is -0.141. The molecule has 0 spiro atoms. The molecule has 0 saturated heterocycles. The second-order valence-corrected chi connectivity index (χ2v) is 7.08. The Balaban J connectivity index is 2.09. The second kappa shape index (κ2) is 14.4.